The molecule has 4 aromatic carbocycles. The molecule has 0 radical (unpaired) electrons. The highest BCUT2D eigenvalue weighted by Crippen LogP contribution is 2.53. The number of aliphatic hydroxyl groups is 2. The van der Waals surface area contributed by atoms with Gasteiger partial charge >= 0.3 is 0 Å². The summed E-state index contributed by atoms with van der Waals surface area (Å²) in [6.45, 7) is 0. The van der Waals surface area contributed by atoms with Crippen molar-refractivity contribution in [1.82, 2.24) is 11.0 Å². The van der Waals surface area contributed by atoms with Crippen molar-refractivity contribution < 1.29 is 30.1 Å². The van der Waals surface area contributed by atoms with Gasteiger partial charge in [0.25, 0.3) is 0 Å². The fourth-order valence-electron chi connectivity index (χ4n) is 4.43. The van der Waals surface area contributed by atoms with Crippen molar-refractivity contribution in [2.75, 3.05) is 0 Å². The summed E-state index contributed by atoms with van der Waals surface area (Å²) in [6.07, 6.45) is 0. The Labute approximate surface area is 169 Å². The number of benzene rings is 4. The number of fused-ring (bicyclic) bond motifs is 6. The van der Waals surface area contributed by atoms with Gasteiger partial charge < -0.3 is 30.1 Å². The molecule has 0 spiro atoms. The summed E-state index contributed by atoms with van der Waals surface area (Å²) in [5, 5.41) is 46.1. The van der Waals surface area contributed by atoms with E-state index in [0.29, 0.717) is 33.0 Å². The summed E-state index contributed by atoms with van der Waals surface area (Å²) in [6, 6.07) is 16.3. The van der Waals surface area contributed by atoms with E-state index in [9.17, 15) is 20.4 Å². The number of nitrogens with one attached hydrogen (secondary N) is 2. The van der Waals surface area contributed by atoms with Crippen LogP contribution in [-0.2, 0) is 11.4 Å². The van der Waals surface area contributed by atoms with Gasteiger partial charge in [-0.15, -0.1) is 11.0 Å². The standard InChI is InChI=1S/C22H16N2O6/c25-15-5-1-3-13-11(15)7-9-17-19(13)21(27,23-29-17)22(28)20-14-4-2-6-16(26)12(14)8-10-18(20)30-24-22/h1-10,23-28H. The molecule has 0 bridgehead atoms. The lowest BCUT2D eigenvalue weighted by Gasteiger charge is -2.36. The van der Waals surface area contributed by atoms with Gasteiger partial charge in [0.1, 0.15) is 11.5 Å². The van der Waals surface area contributed by atoms with Crippen LogP contribution in [0.5, 0.6) is 23.0 Å². The van der Waals surface area contributed by atoms with Crippen molar-refractivity contribution in [3.8, 4) is 23.0 Å². The summed E-state index contributed by atoms with van der Waals surface area (Å²) in [5.74, 6) is 0.649. The van der Waals surface area contributed by atoms with E-state index in [2.05, 4.69) is 11.0 Å². The second-order valence-corrected chi connectivity index (χ2v) is 7.45. The highest BCUT2D eigenvalue weighted by atomic mass is 16.7. The fraction of sp³-hybridized carbons (Fsp3) is 0.0909. The molecule has 2 aliphatic heterocycles. The summed E-state index contributed by atoms with van der Waals surface area (Å²) in [5.41, 5.74) is 1.15. The highest BCUT2D eigenvalue weighted by molar-refractivity contribution is 5.95. The van der Waals surface area contributed by atoms with Crippen molar-refractivity contribution in [3.05, 3.63) is 71.8 Å². The molecule has 0 saturated carbocycles. The average Bonchev–Trinajstić information content (AvgIpc) is 3.29. The number of phenols is 2. The lowest BCUT2D eigenvalue weighted by molar-refractivity contribution is -0.239. The number of aromatic hydroxyl groups is 2. The third-order valence-corrected chi connectivity index (χ3v) is 5.87. The lowest BCUT2D eigenvalue weighted by atomic mass is 9.82. The van der Waals surface area contributed by atoms with Crippen molar-refractivity contribution in [2.24, 2.45) is 0 Å². The van der Waals surface area contributed by atoms with Crippen LogP contribution in [0.1, 0.15) is 11.1 Å². The number of rotatable bonds is 1. The number of hydrogen-bond donors (Lipinski definition) is 6. The molecule has 30 heavy (non-hydrogen) atoms. The smallest absolute Gasteiger partial charge is 0.228 e. The van der Waals surface area contributed by atoms with E-state index in [1.807, 2.05) is 0 Å². The van der Waals surface area contributed by atoms with Gasteiger partial charge in [-0.3, -0.25) is 0 Å². The second kappa shape index (κ2) is 5.53. The van der Waals surface area contributed by atoms with Crippen LogP contribution in [0.4, 0.5) is 0 Å². The van der Waals surface area contributed by atoms with Crippen molar-refractivity contribution in [1.29, 1.82) is 0 Å². The Hall–Kier alpha value is -3.56. The van der Waals surface area contributed by atoms with E-state index in [4.69, 9.17) is 9.68 Å². The third-order valence-electron chi connectivity index (χ3n) is 5.87. The van der Waals surface area contributed by atoms with Gasteiger partial charge in [-0.1, -0.05) is 24.3 Å². The van der Waals surface area contributed by atoms with Crippen LogP contribution in [-0.4, -0.2) is 20.4 Å². The lowest BCUT2D eigenvalue weighted by Crippen LogP contribution is -2.62. The predicted molar refractivity (Wildman–Crippen MR) is 107 cm³/mol. The zero-order valence-corrected chi connectivity index (χ0v) is 15.4. The van der Waals surface area contributed by atoms with Crippen LogP contribution in [0.25, 0.3) is 21.5 Å². The van der Waals surface area contributed by atoms with Gasteiger partial charge in [0.15, 0.2) is 11.5 Å². The summed E-state index contributed by atoms with van der Waals surface area (Å²) in [7, 11) is 0. The molecule has 0 fully saturated rings. The van der Waals surface area contributed by atoms with Crippen molar-refractivity contribution in [3.63, 3.8) is 0 Å². The first-order valence-electron chi connectivity index (χ1n) is 9.27. The van der Waals surface area contributed by atoms with Crippen LogP contribution in [0, 0.1) is 0 Å². The first kappa shape index (κ1) is 17.3. The Morgan fingerprint density at radius 2 is 1.00 bits per heavy atom. The van der Waals surface area contributed by atoms with Crippen LogP contribution in [0.2, 0.25) is 0 Å². The molecule has 2 unspecified atom stereocenters. The summed E-state index contributed by atoms with van der Waals surface area (Å²) >= 11 is 0. The quantitative estimate of drug-likeness (QED) is 0.285. The minimum Gasteiger partial charge on any atom is -0.507 e. The molecule has 6 N–H and O–H groups in total. The largest absolute Gasteiger partial charge is 0.507 e. The van der Waals surface area contributed by atoms with Gasteiger partial charge in [0.2, 0.25) is 11.4 Å². The molecule has 8 heteroatoms. The molecule has 0 saturated heterocycles. The predicted octanol–water partition coefficient (Wildman–Crippen LogP) is 2.19. The molecule has 6 rings (SSSR count). The SMILES string of the molecule is Oc1cccc2c3c(ccc12)ONC3(O)C1(O)NOc2ccc3c(O)cccc3c21. The Bertz CT molecular complexity index is 1270. The zero-order chi connectivity index (χ0) is 20.7. The molecule has 8 nitrogen and oxygen atoms in total. The second-order valence-electron chi connectivity index (χ2n) is 7.45. The van der Waals surface area contributed by atoms with Gasteiger partial charge in [-0.05, 0) is 47.2 Å². The molecule has 0 aromatic heterocycles. The van der Waals surface area contributed by atoms with Crippen LogP contribution >= 0.6 is 0 Å². The third kappa shape index (κ3) is 1.93. The van der Waals surface area contributed by atoms with Gasteiger partial charge in [0, 0.05) is 10.8 Å². The van der Waals surface area contributed by atoms with Gasteiger partial charge in [0.05, 0.1) is 11.1 Å². The van der Waals surface area contributed by atoms with E-state index in [-0.39, 0.29) is 22.6 Å². The minimum absolute atomic E-state index is 0.0305. The number of hydrogen-bond acceptors (Lipinski definition) is 8. The molecular formula is C22H16N2O6. The fourth-order valence-corrected chi connectivity index (χ4v) is 4.43. The highest BCUT2D eigenvalue weighted by Gasteiger charge is 2.62. The van der Waals surface area contributed by atoms with E-state index in [0.717, 1.165) is 0 Å². The molecular weight excluding hydrogens is 388 g/mol. The van der Waals surface area contributed by atoms with Crippen molar-refractivity contribution >= 4 is 21.5 Å². The van der Waals surface area contributed by atoms with Crippen molar-refractivity contribution in [2.45, 2.75) is 11.4 Å². The first-order valence-corrected chi connectivity index (χ1v) is 9.27. The summed E-state index contributed by atoms with van der Waals surface area (Å²) < 4.78 is 0. The van der Waals surface area contributed by atoms with E-state index in [1.165, 1.54) is 12.1 Å². The van der Waals surface area contributed by atoms with Crippen LogP contribution in [0.3, 0.4) is 0 Å². The maximum Gasteiger partial charge on any atom is 0.228 e. The van der Waals surface area contributed by atoms with Gasteiger partial charge in [-0.2, -0.15) is 0 Å². The molecule has 150 valence electrons. The monoisotopic (exact) mass is 404 g/mol. The molecule has 2 heterocycles. The molecule has 0 amide bonds. The Kier molecular flexibility index (Phi) is 3.19. The minimum atomic E-state index is -2.19. The summed E-state index contributed by atoms with van der Waals surface area (Å²) in [4.78, 5) is 11.0. The Balaban J connectivity index is 1.67. The average molecular weight is 404 g/mol. The molecule has 0 aliphatic carbocycles. The van der Waals surface area contributed by atoms with Crippen LogP contribution < -0.4 is 20.6 Å². The van der Waals surface area contributed by atoms with E-state index in [1.54, 1.807) is 48.5 Å². The Morgan fingerprint density at radius 1 is 0.567 bits per heavy atom. The maximum absolute atomic E-state index is 11.8. The maximum atomic E-state index is 11.8. The topological polar surface area (TPSA) is 123 Å². The van der Waals surface area contributed by atoms with Crippen LogP contribution in [0.15, 0.2) is 60.7 Å². The molecule has 2 atom stereocenters. The van der Waals surface area contributed by atoms with E-state index >= 15 is 0 Å². The number of hydroxylamine groups is 2. The number of phenolic OH excluding ortho intramolecular Hbond substituents is 2. The zero-order valence-electron chi connectivity index (χ0n) is 15.4. The molecule has 4 aromatic rings. The molecule has 2 aliphatic rings. The van der Waals surface area contributed by atoms with E-state index < -0.39 is 11.4 Å². The first-order chi connectivity index (χ1) is 14.4. The Morgan fingerprint density at radius 3 is 1.43 bits per heavy atom. The van der Waals surface area contributed by atoms with Gasteiger partial charge in [-0.25, -0.2) is 0 Å². The normalized spacial score (nSPS) is 24.5.